The van der Waals surface area contributed by atoms with Crippen LogP contribution < -0.4 is 11.1 Å². The predicted octanol–water partition coefficient (Wildman–Crippen LogP) is 2.66. The summed E-state index contributed by atoms with van der Waals surface area (Å²) in [5.41, 5.74) is 7.91. The van der Waals surface area contributed by atoms with Gasteiger partial charge in [-0.1, -0.05) is 6.42 Å². The van der Waals surface area contributed by atoms with E-state index >= 15 is 0 Å². The van der Waals surface area contributed by atoms with Gasteiger partial charge in [-0.15, -0.1) is 0 Å². The van der Waals surface area contributed by atoms with Crippen LogP contribution in [-0.2, 0) is 4.74 Å². The van der Waals surface area contributed by atoms with Crippen LogP contribution in [0, 0.1) is 5.92 Å². The first kappa shape index (κ1) is 12.7. The van der Waals surface area contributed by atoms with E-state index in [1.54, 1.807) is 12.1 Å². The molecule has 1 atom stereocenters. The minimum absolute atomic E-state index is 0.361. The molecule has 0 bridgehead atoms. The summed E-state index contributed by atoms with van der Waals surface area (Å²) in [5.74, 6) is 0.380. The number of ether oxygens (including phenoxy) is 1. The molecule has 98 valence electrons. The van der Waals surface area contributed by atoms with Crippen LogP contribution >= 0.6 is 0 Å². The minimum Gasteiger partial charge on any atom is -0.465 e. The molecule has 1 unspecified atom stereocenters. The molecule has 2 rings (SSSR count). The number of anilines is 2. The molecule has 3 N–H and O–H groups in total. The molecule has 1 fully saturated rings. The second-order valence-corrected chi connectivity index (χ2v) is 4.92. The Balaban J connectivity index is 2.07. The number of nitrogens with one attached hydrogen (secondary N) is 1. The van der Waals surface area contributed by atoms with Gasteiger partial charge in [0, 0.05) is 6.04 Å². The molecule has 0 spiro atoms. The Hall–Kier alpha value is -1.71. The number of carbonyl (C=O) groups is 1. The molecular formula is C14H20N2O2. The van der Waals surface area contributed by atoms with E-state index in [4.69, 9.17) is 5.73 Å². The maximum absolute atomic E-state index is 11.4. The highest BCUT2D eigenvalue weighted by atomic mass is 16.5. The molecule has 4 nitrogen and oxygen atoms in total. The Bertz CT molecular complexity index is 441. The molecule has 18 heavy (non-hydrogen) atoms. The molecular weight excluding hydrogens is 228 g/mol. The summed E-state index contributed by atoms with van der Waals surface area (Å²) in [6, 6.07) is 5.65. The number of carbonyl (C=O) groups excluding carboxylic acids is 1. The summed E-state index contributed by atoms with van der Waals surface area (Å²) in [6.07, 6.45) is 3.90. The standard InChI is InChI=1S/C14H20N2O2/c1-9(10-4-3-5-10)16-13-7-6-11(8-12(13)15)14(17)18-2/h6-10,16H,3-5,15H2,1-2H3. The molecule has 0 heterocycles. The maximum Gasteiger partial charge on any atom is 0.337 e. The van der Waals surface area contributed by atoms with Gasteiger partial charge in [0.25, 0.3) is 0 Å². The van der Waals surface area contributed by atoms with Gasteiger partial charge >= 0.3 is 5.97 Å². The highest BCUT2D eigenvalue weighted by molar-refractivity contribution is 5.91. The molecule has 1 aliphatic rings. The van der Waals surface area contributed by atoms with Gasteiger partial charge in [0.05, 0.1) is 24.0 Å². The van der Waals surface area contributed by atoms with Gasteiger partial charge in [-0.25, -0.2) is 4.79 Å². The summed E-state index contributed by atoms with van der Waals surface area (Å²) in [4.78, 5) is 11.4. The molecule has 1 aromatic carbocycles. The van der Waals surface area contributed by atoms with E-state index in [2.05, 4.69) is 17.0 Å². The smallest absolute Gasteiger partial charge is 0.337 e. The number of hydrogen-bond donors (Lipinski definition) is 2. The fourth-order valence-corrected chi connectivity index (χ4v) is 2.24. The average molecular weight is 248 g/mol. The third-order valence-corrected chi connectivity index (χ3v) is 3.71. The summed E-state index contributed by atoms with van der Waals surface area (Å²) in [6.45, 7) is 2.18. The summed E-state index contributed by atoms with van der Waals surface area (Å²) < 4.78 is 4.66. The Labute approximate surface area is 108 Å². The van der Waals surface area contributed by atoms with Crippen molar-refractivity contribution in [2.75, 3.05) is 18.2 Å². The van der Waals surface area contributed by atoms with Crippen molar-refractivity contribution in [3.05, 3.63) is 23.8 Å². The highest BCUT2D eigenvalue weighted by Crippen LogP contribution is 2.32. The minimum atomic E-state index is -0.361. The molecule has 1 aromatic rings. The highest BCUT2D eigenvalue weighted by Gasteiger charge is 2.24. The van der Waals surface area contributed by atoms with E-state index in [9.17, 15) is 4.79 Å². The fourth-order valence-electron chi connectivity index (χ4n) is 2.24. The normalized spacial score (nSPS) is 16.8. The first-order valence-electron chi connectivity index (χ1n) is 6.36. The molecule has 0 aliphatic heterocycles. The van der Waals surface area contributed by atoms with Crippen molar-refractivity contribution in [3.63, 3.8) is 0 Å². The van der Waals surface area contributed by atoms with Gasteiger partial charge in [-0.3, -0.25) is 0 Å². The van der Waals surface area contributed by atoms with E-state index in [1.165, 1.54) is 26.4 Å². The van der Waals surface area contributed by atoms with Crippen molar-refractivity contribution >= 4 is 17.3 Å². The Kier molecular flexibility index (Phi) is 3.75. The number of methoxy groups -OCH3 is 1. The SMILES string of the molecule is COC(=O)c1ccc(NC(C)C2CCC2)c(N)c1. The quantitative estimate of drug-likeness (QED) is 0.635. The van der Waals surface area contributed by atoms with Crippen LogP contribution in [0.5, 0.6) is 0 Å². The van der Waals surface area contributed by atoms with Gasteiger partial charge in [0.15, 0.2) is 0 Å². The summed E-state index contributed by atoms with van der Waals surface area (Å²) in [5, 5.41) is 3.42. The largest absolute Gasteiger partial charge is 0.465 e. The van der Waals surface area contributed by atoms with Crippen molar-refractivity contribution in [2.24, 2.45) is 5.92 Å². The zero-order valence-corrected chi connectivity index (χ0v) is 10.9. The van der Waals surface area contributed by atoms with Crippen LogP contribution in [0.4, 0.5) is 11.4 Å². The van der Waals surface area contributed by atoms with Crippen molar-refractivity contribution in [2.45, 2.75) is 32.2 Å². The van der Waals surface area contributed by atoms with Crippen molar-refractivity contribution in [1.29, 1.82) is 0 Å². The van der Waals surface area contributed by atoms with Crippen LogP contribution in [0.1, 0.15) is 36.5 Å². The lowest BCUT2D eigenvalue weighted by Gasteiger charge is -2.32. The summed E-state index contributed by atoms with van der Waals surface area (Å²) >= 11 is 0. The monoisotopic (exact) mass is 248 g/mol. The van der Waals surface area contributed by atoms with Crippen molar-refractivity contribution in [3.8, 4) is 0 Å². The summed E-state index contributed by atoms with van der Waals surface area (Å²) in [7, 11) is 1.36. The lowest BCUT2D eigenvalue weighted by molar-refractivity contribution is 0.0601. The topological polar surface area (TPSA) is 64.3 Å². The van der Waals surface area contributed by atoms with Crippen LogP contribution in [0.25, 0.3) is 0 Å². The van der Waals surface area contributed by atoms with E-state index < -0.39 is 0 Å². The van der Waals surface area contributed by atoms with Gasteiger partial charge in [0.2, 0.25) is 0 Å². The van der Waals surface area contributed by atoms with Crippen LogP contribution in [0.2, 0.25) is 0 Å². The molecule has 0 amide bonds. The molecule has 4 heteroatoms. The van der Waals surface area contributed by atoms with Crippen LogP contribution in [-0.4, -0.2) is 19.1 Å². The number of benzene rings is 1. The first-order valence-corrected chi connectivity index (χ1v) is 6.36. The van der Waals surface area contributed by atoms with Gasteiger partial charge in [-0.05, 0) is 43.9 Å². The average Bonchev–Trinajstić information content (AvgIpc) is 2.28. The number of rotatable bonds is 4. The van der Waals surface area contributed by atoms with Crippen LogP contribution in [0.15, 0.2) is 18.2 Å². The third-order valence-electron chi connectivity index (χ3n) is 3.71. The Morgan fingerprint density at radius 3 is 2.72 bits per heavy atom. The second kappa shape index (κ2) is 5.29. The third kappa shape index (κ3) is 2.58. The van der Waals surface area contributed by atoms with Gasteiger partial charge in [-0.2, -0.15) is 0 Å². The van der Waals surface area contributed by atoms with Crippen LogP contribution in [0.3, 0.4) is 0 Å². The zero-order chi connectivity index (χ0) is 13.1. The van der Waals surface area contributed by atoms with Crippen molar-refractivity contribution in [1.82, 2.24) is 0 Å². The molecule has 1 saturated carbocycles. The Morgan fingerprint density at radius 1 is 1.50 bits per heavy atom. The number of nitrogen functional groups attached to an aromatic ring is 1. The van der Waals surface area contributed by atoms with E-state index in [0.717, 1.165) is 11.6 Å². The Morgan fingerprint density at radius 2 is 2.22 bits per heavy atom. The van der Waals surface area contributed by atoms with E-state index in [1.807, 2.05) is 6.07 Å². The predicted molar refractivity (Wildman–Crippen MR) is 72.6 cm³/mol. The molecule has 0 saturated heterocycles. The van der Waals surface area contributed by atoms with Gasteiger partial charge < -0.3 is 15.8 Å². The molecule has 1 aliphatic carbocycles. The molecule has 0 radical (unpaired) electrons. The molecule has 0 aromatic heterocycles. The van der Waals surface area contributed by atoms with E-state index in [0.29, 0.717) is 17.3 Å². The van der Waals surface area contributed by atoms with Crippen molar-refractivity contribution < 1.29 is 9.53 Å². The fraction of sp³-hybridized carbons (Fsp3) is 0.500. The second-order valence-electron chi connectivity index (χ2n) is 4.92. The van der Waals surface area contributed by atoms with E-state index in [-0.39, 0.29) is 5.97 Å². The lowest BCUT2D eigenvalue weighted by Crippen LogP contribution is -2.31. The number of nitrogens with two attached hydrogens (primary N) is 1. The van der Waals surface area contributed by atoms with Gasteiger partial charge in [0.1, 0.15) is 0 Å². The number of esters is 1. The zero-order valence-electron chi connectivity index (χ0n) is 10.9. The lowest BCUT2D eigenvalue weighted by atomic mass is 9.80. The number of hydrogen-bond acceptors (Lipinski definition) is 4. The first-order chi connectivity index (χ1) is 8.61. The maximum atomic E-state index is 11.4.